The van der Waals surface area contributed by atoms with E-state index in [0.717, 1.165) is 37.4 Å². The lowest BCUT2D eigenvalue weighted by Crippen LogP contribution is -2.54. The number of rotatable bonds is 6. The maximum atomic E-state index is 12.4. The van der Waals surface area contributed by atoms with Gasteiger partial charge in [0.25, 0.3) is 0 Å². The number of carbonyl (C=O) groups is 1. The highest BCUT2D eigenvalue weighted by atomic mass is 16.2. The van der Waals surface area contributed by atoms with Gasteiger partial charge in [-0.15, -0.1) is 0 Å². The van der Waals surface area contributed by atoms with Crippen molar-refractivity contribution in [3.63, 3.8) is 0 Å². The number of benzene rings is 1. The van der Waals surface area contributed by atoms with Crippen molar-refractivity contribution < 1.29 is 4.79 Å². The Kier molecular flexibility index (Phi) is 7.26. The van der Waals surface area contributed by atoms with Crippen LogP contribution in [0.3, 0.4) is 0 Å². The molecule has 1 heterocycles. The zero-order chi connectivity index (χ0) is 18.4. The molecule has 0 radical (unpaired) electrons. The molecule has 0 aromatic heterocycles. The fourth-order valence-electron chi connectivity index (χ4n) is 3.42. The number of anilines is 1. The predicted octanol–water partition coefficient (Wildman–Crippen LogP) is 3.20. The Morgan fingerprint density at radius 3 is 2.32 bits per heavy atom. The van der Waals surface area contributed by atoms with Crippen molar-refractivity contribution in [2.45, 2.75) is 39.7 Å². The van der Waals surface area contributed by atoms with E-state index in [2.05, 4.69) is 61.2 Å². The molecule has 0 spiro atoms. The van der Waals surface area contributed by atoms with Gasteiger partial charge in [0.05, 0.1) is 0 Å². The molecule has 2 rings (SSSR count). The van der Waals surface area contributed by atoms with Crippen molar-refractivity contribution in [2.75, 3.05) is 45.1 Å². The number of hydrogen-bond acceptors (Lipinski definition) is 3. The maximum absolute atomic E-state index is 12.4. The molecule has 5 heteroatoms. The number of nitrogens with zero attached hydrogens (tertiary/aromatic N) is 2. The molecule has 140 valence electrons. The molecule has 2 N–H and O–H groups in total. The first-order valence-corrected chi connectivity index (χ1v) is 9.45. The Hall–Kier alpha value is -1.59. The molecule has 2 amide bonds. The zero-order valence-electron chi connectivity index (χ0n) is 16.4. The summed E-state index contributed by atoms with van der Waals surface area (Å²) in [6.45, 7) is 13.7. The summed E-state index contributed by atoms with van der Waals surface area (Å²) in [5, 5.41) is 6.10. The van der Waals surface area contributed by atoms with E-state index in [1.54, 1.807) is 0 Å². The van der Waals surface area contributed by atoms with Gasteiger partial charge in [0.15, 0.2) is 0 Å². The number of amides is 2. The van der Waals surface area contributed by atoms with Crippen LogP contribution >= 0.6 is 0 Å². The molecule has 0 saturated carbocycles. The monoisotopic (exact) mass is 346 g/mol. The van der Waals surface area contributed by atoms with Crippen LogP contribution in [0.2, 0.25) is 0 Å². The third-order valence-electron chi connectivity index (χ3n) is 5.08. The first-order valence-electron chi connectivity index (χ1n) is 9.45. The highest BCUT2D eigenvalue weighted by molar-refractivity contribution is 5.90. The van der Waals surface area contributed by atoms with E-state index in [-0.39, 0.29) is 6.03 Å². The molecule has 1 unspecified atom stereocenters. The van der Waals surface area contributed by atoms with Crippen LogP contribution in [-0.2, 0) is 0 Å². The summed E-state index contributed by atoms with van der Waals surface area (Å²) in [5.74, 6) is 0.886. The van der Waals surface area contributed by atoms with Crippen LogP contribution in [-0.4, -0.2) is 61.6 Å². The minimum atomic E-state index is -0.118. The van der Waals surface area contributed by atoms with Crippen molar-refractivity contribution in [1.29, 1.82) is 0 Å². The summed E-state index contributed by atoms with van der Waals surface area (Å²) in [4.78, 5) is 17.3. The molecule has 1 aliphatic heterocycles. The summed E-state index contributed by atoms with van der Waals surface area (Å²) in [6.07, 6.45) is 0. The second kappa shape index (κ2) is 9.20. The van der Waals surface area contributed by atoms with Crippen molar-refractivity contribution >= 4 is 11.7 Å². The molecule has 1 aromatic rings. The average Bonchev–Trinajstić information content (AvgIpc) is 2.56. The largest absolute Gasteiger partial charge is 0.336 e. The van der Waals surface area contributed by atoms with Gasteiger partial charge in [-0.05, 0) is 30.5 Å². The maximum Gasteiger partial charge on any atom is 0.319 e. The fourth-order valence-corrected chi connectivity index (χ4v) is 3.42. The van der Waals surface area contributed by atoms with Gasteiger partial charge < -0.3 is 15.5 Å². The van der Waals surface area contributed by atoms with Gasteiger partial charge in [-0.25, -0.2) is 4.79 Å². The van der Waals surface area contributed by atoms with E-state index in [4.69, 9.17) is 0 Å². The first kappa shape index (κ1) is 19.7. The van der Waals surface area contributed by atoms with Crippen LogP contribution in [0.5, 0.6) is 0 Å². The molecule has 1 fully saturated rings. The van der Waals surface area contributed by atoms with Crippen molar-refractivity contribution in [3.8, 4) is 0 Å². The van der Waals surface area contributed by atoms with E-state index >= 15 is 0 Å². The van der Waals surface area contributed by atoms with Crippen LogP contribution in [0.15, 0.2) is 24.3 Å². The minimum Gasteiger partial charge on any atom is -0.336 e. The summed E-state index contributed by atoms with van der Waals surface area (Å²) in [5.41, 5.74) is 2.06. The highest BCUT2D eigenvalue weighted by Gasteiger charge is 2.25. The number of hydrogen-bond donors (Lipinski definition) is 2. The van der Waals surface area contributed by atoms with Crippen LogP contribution in [0.25, 0.3) is 0 Å². The highest BCUT2D eigenvalue weighted by Crippen LogP contribution is 2.23. The van der Waals surface area contributed by atoms with Crippen molar-refractivity contribution in [2.24, 2.45) is 5.92 Å². The standard InChI is InChI=1S/C20H34N4O/c1-15(2)17-8-6-7-9-18(17)22-20(25)21-14-19(16(3)4)24-12-10-23(5)11-13-24/h6-9,15-16,19H,10-14H2,1-5H3,(H2,21,22,25). The predicted molar refractivity (Wildman–Crippen MR) is 105 cm³/mol. The van der Waals surface area contributed by atoms with Crippen molar-refractivity contribution in [3.05, 3.63) is 29.8 Å². The lowest BCUT2D eigenvalue weighted by Gasteiger charge is -2.39. The Bertz CT molecular complexity index is 550. The van der Waals surface area contributed by atoms with Crippen LogP contribution in [0.4, 0.5) is 10.5 Å². The molecule has 1 atom stereocenters. The van der Waals surface area contributed by atoms with Gasteiger partial charge in [-0.2, -0.15) is 0 Å². The van der Waals surface area contributed by atoms with Crippen LogP contribution in [0.1, 0.15) is 39.2 Å². The quantitative estimate of drug-likeness (QED) is 0.831. The third-order valence-corrected chi connectivity index (χ3v) is 5.08. The lowest BCUT2D eigenvalue weighted by molar-refractivity contribution is 0.0890. The molecular formula is C20H34N4O. The van der Waals surface area contributed by atoms with E-state index in [1.807, 2.05) is 18.2 Å². The number of likely N-dealkylation sites (N-methyl/N-ethyl adjacent to an activating group) is 1. The summed E-state index contributed by atoms with van der Waals surface area (Å²) in [6, 6.07) is 8.27. The smallest absolute Gasteiger partial charge is 0.319 e. The van der Waals surface area contributed by atoms with E-state index < -0.39 is 0 Å². The molecule has 0 bridgehead atoms. The number of nitrogens with one attached hydrogen (secondary N) is 2. The molecule has 1 aliphatic rings. The van der Waals surface area contributed by atoms with E-state index in [0.29, 0.717) is 24.4 Å². The Morgan fingerprint density at radius 2 is 1.72 bits per heavy atom. The molecule has 1 aromatic carbocycles. The lowest BCUT2D eigenvalue weighted by atomic mass is 10.0. The summed E-state index contributed by atoms with van der Waals surface area (Å²) in [7, 11) is 2.17. The topological polar surface area (TPSA) is 47.6 Å². The average molecular weight is 347 g/mol. The Labute approximate surface area is 152 Å². The van der Waals surface area contributed by atoms with Gasteiger partial charge in [0.2, 0.25) is 0 Å². The van der Waals surface area contributed by atoms with Crippen molar-refractivity contribution in [1.82, 2.24) is 15.1 Å². The zero-order valence-corrected chi connectivity index (χ0v) is 16.4. The molecule has 0 aliphatic carbocycles. The third kappa shape index (κ3) is 5.72. The minimum absolute atomic E-state index is 0.118. The van der Waals surface area contributed by atoms with Gasteiger partial charge >= 0.3 is 6.03 Å². The number of para-hydroxylation sites is 1. The molecule has 5 nitrogen and oxygen atoms in total. The van der Waals surface area contributed by atoms with Crippen LogP contribution < -0.4 is 10.6 Å². The van der Waals surface area contributed by atoms with E-state index in [1.165, 1.54) is 0 Å². The van der Waals surface area contributed by atoms with Crippen LogP contribution in [0, 0.1) is 5.92 Å². The number of urea groups is 1. The molecular weight excluding hydrogens is 312 g/mol. The van der Waals surface area contributed by atoms with Gasteiger partial charge in [-0.3, -0.25) is 4.90 Å². The summed E-state index contributed by atoms with van der Waals surface area (Å²) >= 11 is 0. The SMILES string of the molecule is CC(C)c1ccccc1NC(=O)NCC(C(C)C)N1CCN(C)CC1. The Balaban J connectivity index is 1.91. The summed E-state index contributed by atoms with van der Waals surface area (Å²) < 4.78 is 0. The van der Waals surface area contributed by atoms with Gasteiger partial charge in [-0.1, -0.05) is 45.9 Å². The normalized spacial score (nSPS) is 17.7. The number of piperazine rings is 1. The fraction of sp³-hybridized carbons (Fsp3) is 0.650. The Morgan fingerprint density at radius 1 is 1.08 bits per heavy atom. The van der Waals surface area contributed by atoms with Gasteiger partial charge in [0.1, 0.15) is 0 Å². The molecule has 1 saturated heterocycles. The molecule has 25 heavy (non-hydrogen) atoms. The second-order valence-corrected chi connectivity index (χ2v) is 7.73. The van der Waals surface area contributed by atoms with Gasteiger partial charge in [0, 0.05) is 44.5 Å². The van der Waals surface area contributed by atoms with E-state index in [9.17, 15) is 4.79 Å². The first-order chi connectivity index (χ1) is 11.9. The second-order valence-electron chi connectivity index (χ2n) is 7.73. The number of carbonyl (C=O) groups excluding carboxylic acids is 1.